The lowest BCUT2D eigenvalue weighted by atomic mass is 10.1. The largest absolute Gasteiger partial charge is 0.351 e. The van der Waals surface area contributed by atoms with Crippen molar-refractivity contribution < 1.29 is 4.79 Å². The van der Waals surface area contributed by atoms with Crippen LogP contribution in [0.3, 0.4) is 0 Å². The maximum absolute atomic E-state index is 12.5. The maximum Gasteiger partial charge on any atom is 0.253 e. The fourth-order valence-corrected chi connectivity index (χ4v) is 3.13. The summed E-state index contributed by atoms with van der Waals surface area (Å²) in [5, 5.41) is 10.6. The average molecular weight is 318 g/mol. The molecule has 0 radical (unpaired) electrons. The standard InChI is InChI=1S/C19H18N4O/c24-19(15-6-2-1-3-7-15)23-12-10-22(11-13-23)18-17-9-5-4-8-16(17)14-20-21-18/h1-9,14H,10-13H2. The number of benzene rings is 2. The number of carbonyl (C=O) groups excluding carboxylic acids is 1. The van der Waals surface area contributed by atoms with Crippen molar-refractivity contribution in [3.8, 4) is 0 Å². The van der Waals surface area contributed by atoms with E-state index >= 15 is 0 Å². The molecular weight excluding hydrogens is 300 g/mol. The second-order valence-electron chi connectivity index (χ2n) is 5.90. The molecule has 4 rings (SSSR count). The van der Waals surface area contributed by atoms with Crippen molar-refractivity contribution in [3.63, 3.8) is 0 Å². The predicted octanol–water partition coefficient (Wildman–Crippen LogP) is 2.59. The Morgan fingerprint density at radius 2 is 1.58 bits per heavy atom. The molecular formula is C19H18N4O. The second-order valence-corrected chi connectivity index (χ2v) is 5.90. The molecule has 1 aliphatic rings. The number of hydrogen-bond acceptors (Lipinski definition) is 4. The molecule has 0 bridgehead atoms. The molecule has 0 N–H and O–H groups in total. The molecule has 2 aromatic carbocycles. The normalized spacial score (nSPS) is 14.8. The van der Waals surface area contributed by atoms with Gasteiger partial charge in [0.15, 0.2) is 5.82 Å². The first kappa shape index (κ1) is 14.6. The minimum absolute atomic E-state index is 0.0965. The molecule has 0 unspecified atom stereocenters. The molecule has 1 amide bonds. The summed E-state index contributed by atoms with van der Waals surface area (Å²) in [7, 11) is 0. The van der Waals surface area contributed by atoms with Gasteiger partial charge in [0.05, 0.1) is 6.20 Å². The molecule has 0 saturated carbocycles. The van der Waals surface area contributed by atoms with Crippen LogP contribution in [-0.2, 0) is 0 Å². The quantitative estimate of drug-likeness (QED) is 0.729. The van der Waals surface area contributed by atoms with Crippen molar-refractivity contribution in [1.82, 2.24) is 15.1 Å². The Bertz CT molecular complexity index is 852. The number of anilines is 1. The maximum atomic E-state index is 12.5. The van der Waals surface area contributed by atoms with E-state index in [0.29, 0.717) is 13.1 Å². The third kappa shape index (κ3) is 2.69. The minimum atomic E-state index is 0.0965. The van der Waals surface area contributed by atoms with Crippen molar-refractivity contribution in [2.24, 2.45) is 0 Å². The van der Waals surface area contributed by atoms with Gasteiger partial charge >= 0.3 is 0 Å². The molecule has 1 fully saturated rings. The summed E-state index contributed by atoms with van der Waals surface area (Å²) in [5.41, 5.74) is 0.746. The average Bonchev–Trinajstić information content (AvgIpc) is 2.68. The summed E-state index contributed by atoms with van der Waals surface area (Å²) in [6.07, 6.45) is 1.79. The van der Waals surface area contributed by atoms with Crippen LogP contribution < -0.4 is 4.90 Å². The van der Waals surface area contributed by atoms with Crippen LogP contribution in [-0.4, -0.2) is 47.2 Å². The zero-order valence-corrected chi connectivity index (χ0v) is 13.3. The van der Waals surface area contributed by atoms with Crippen molar-refractivity contribution in [1.29, 1.82) is 0 Å². The summed E-state index contributed by atoms with van der Waals surface area (Å²) in [6, 6.07) is 17.6. The first-order valence-corrected chi connectivity index (χ1v) is 8.12. The molecule has 0 spiro atoms. The molecule has 120 valence electrons. The van der Waals surface area contributed by atoms with E-state index in [2.05, 4.69) is 21.2 Å². The van der Waals surface area contributed by atoms with Gasteiger partial charge in [0.1, 0.15) is 0 Å². The summed E-state index contributed by atoms with van der Waals surface area (Å²) >= 11 is 0. The van der Waals surface area contributed by atoms with Crippen LogP contribution >= 0.6 is 0 Å². The summed E-state index contributed by atoms with van der Waals surface area (Å²) in [4.78, 5) is 16.7. The van der Waals surface area contributed by atoms with E-state index in [1.807, 2.05) is 53.4 Å². The molecule has 1 saturated heterocycles. The Kier molecular flexibility index (Phi) is 3.83. The monoisotopic (exact) mass is 318 g/mol. The fraction of sp³-hybridized carbons (Fsp3) is 0.211. The van der Waals surface area contributed by atoms with Crippen molar-refractivity contribution in [2.75, 3.05) is 31.1 Å². The summed E-state index contributed by atoms with van der Waals surface area (Å²) < 4.78 is 0. The Hall–Kier alpha value is -2.95. The zero-order valence-electron chi connectivity index (χ0n) is 13.3. The molecule has 0 atom stereocenters. The molecule has 24 heavy (non-hydrogen) atoms. The van der Waals surface area contributed by atoms with Gasteiger partial charge in [0, 0.05) is 42.5 Å². The fourth-order valence-electron chi connectivity index (χ4n) is 3.13. The van der Waals surface area contributed by atoms with Gasteiger partial charge in [-0.15, -0.1) is 5.10 Å². The van der Waals surface area contributed by atoms with Crippen molar-refractivity contribution >= 4 is 22.5 Å². The number of aromatic nitrogens is 2. The predicted molar refractivity (Wildman–Crippen MR) is 94.1 cm³/mol. The van der Waals surface area contributed by atoms with Crippen molar-refractivity contribution in [3.05, 3.63) is 66.4 Å². The van der Waals surface area contributed by atoms with Crippen LogP contribution in [0.5, 0.6) is 0 Å². The number of rotatable bonds is 2. The van der Waals surface area contributed by atoms with E-state index in [4.69, 9.17) is 0 Å². The lowest BCUT2D eigenvalue weighted by Gasteiger charge is -2.35. The number of hydrogen-bond donors (Lipinski definition) is 0. The van der Waals surface area contributed by atoms with Gasteiger partial charge in [-0.05, 0) is 12.1 Å². The molecule has 5 nitrogen and oxygen atoms in total. The van der Waals surface area contributed by atoms with E-state index in [1.54, 1.807) is 6.20 Å². The van der Waals surface area contributed by atoms with Crippen LogP contribution in [0.1, 0.15) is 10.4 Å². The number of carbonyl (C=O) groups is 1. The number of nitrogens with zero attached hydrogens (tertiary/aromatic N) is 4. The van der Waals surface area contributed by atoms with E-state index in [-0.39, 0.29) is 5.91 Å². The van der Waals surface area contributed by atoms with Gasteiger partial charge in [-0.25, -0.2) is 0 Å². The highest BCUT2D eigenvalue weighted by atomic mass is 16.2. The van der Waals surface area contributed by atoms with E-state index in [9.17, 15) is 4.79 Å². The molecule has 5 heteroatoms. The highest BCUT2D eigenvalue weighted by Gasteiger charge is 2.23. The second kappa shape index (κ2) is 6.28. The Morgan fingerprint density at radius 1 is 0.875 bits per heavy atom. The Labute approximate surface area is 140 Å². The van der Waals surface area contributed by atoms with Crippen LogP contribution in [0.2, 0.25) is 0 Å². The lowest BCUT2D eigenvalue weighted by Crippen LogP contribution is -2.49. The van der Waals surface area contributed by atoms with Gasteiger partial charge in [0.25, 0.3) is 5.91 Å². The highest BCUT2D eigenvalue weighted by molar-refractivity contribution is 5.94. The molecule has 0 aliphatic carbocycles. The lowest BCUT2D eigenvalue weighted by molar-refractivity contribution is 0.0746. The number of piperazine rings is 1. The summed E-state index contributed by atoms with van der Waals surface area (Å²) in [5.74, 6) is 0.999. The highest BCUT2D eigenvalue weighted by Crippen LogP contribution is 2.24. The minimum Gasteiger partial charge on any atom is -0.351 e. The van der Waals surface area contributed by atoms with E-state index in [0.717, 1.165) is 35.2 Å². The Balaban J connectivity index is 1.51. The summed E-state index contributed by atoms with van der Waals surface area (Å²) in [6.45, 7) is 2.92. The number of fused-ring (bicyclic) bond motifs is 1. The SMILES string of the molecule is O=C(c1ccccc1)N1CCN(c2nncc3ccccc23)CC1. The third-order valence-corrected chi connectivity index (χ3v) is 4.44. The van der Waals surface area contributed by atoms with Crippen LogP contribution in [0.25, 0.3) is 10.8 Å². The molecule has 3 aromatic rings. The number of amides is 1. The van der Waals surface area contributed by atoms with Crippen LogP contribution in [0.4, 0.5) is 5.82 Å². The van der Waals surface area contributed by atoms with Gasteiger partial charge < -0.3 is 9.80 Å². The zero-order chi connectivity index (χ0) is 16.4. The van der Waals surface area contributed by atoms with Gasteiger partial charge in [-0.2, -0.15) is 5.10 Å². The molecule has 2 heterocycles. The first-order valence-electron chi connectivity index (χ1n) is 8.12. The van der Waals surface area contributed by atoms with Gasteiger partial charge in [-0.1, -0.05) is 42.5 Å². The van der Waals surface area contributed by atoms with Crippen LogP contribution in [0, 0.1) is 0 Å². The van der Waals surface area contributed by atoms with Gasteiger partial charge in [-0.3, -0.25) is 4.79 Å². The Morgan fingerprint density at radius 3 is 2.38 bits per heavy atom. The van der Waals surface area contributed by atoms with E-state index < -0.39 is 0 Å². The molecule has 1 aliphatic heterocycles. The third-order valence-electron chi connectivity index (χ3n) is 4.44. The van der Waals surface area contributed by atoms with E-state index in [1.165, 1.54) is 0 Å². The van der Waals surface area contributed by atoms with Crippen molar-refractivity contribution in [2.45, 2.75) is 0 Å². The topological polar surface area (TPSA) is 49.3 Å². The first-order chi connectivity index (χ1) is 11.8. The van der Waals surface area contributed by atoms with Gasteiger partial charge in [0.2, 0.25) is 0 Å². The molecule has 1 aromatic heterocycles. The van der Waals surface area contributed by atoms with Crippen LogP contribution in [0.15, 0.2) is 60.8 Å². The smallest absolute Gasteiger partial charge is 0.253 e.